The SMILES string of the molecule is Cc1ccc(C(=O)NCc2ccccc2C)c(C2CCN(C(=O)COc3ccccc3)CC2)n1. The molecule has 0 radical (unpaired) electrons. The van der Waals surface area contributed by atoms with Crippen LogP contribution in [0.3, 0.4) is 0 Å². The molecule has 6 heteroatoms. The van der Waals surface area contributed by atoms with Crippen molar-refractivity contribution in [2.45, 2.75) is 39.2 Å². The van der Waals surface area contributed by atoms with Gasteiger partial charge in [-0.15, -0.1) is 0 Å². The van der Waals surface area contributed by atoms with Gasteiger partial charge in [-0.25, -0.2) is 0 Å². The highest BCUT2D eigenvalue weighted by molar-refractivity contribution is 5.95. The summed E-state index contributed by atoms with van der Waals surface area (Å²) in [4.78, 5) is 32.3. The van der Waals surface area contributed by atoms with Crippen LogP contribution in [-0.2, 0) is 11.3 Å². The first-order valence-corrected chi connectivity index (χ1v) is 11.8. The zero-order valence-electron chi connectivity index (χ0n) is 19.8. The number of pyridine rings is 1. The Morgan fingerprint density at radius 3 is 2.41 bits per heavy atom. The lowest BCUT2D eigenvalue weighted by atomic mass is 9.89. The van der Waals surface area contributed by atoms with Gasteiger partial charge in [0.05, 0.1) is 11.3 Å². The molecule has 0 unspecified atom stereocenters. The number of carbonyl (C=O) groups is 2. The summed E-state index contributed by atoms with van der Waals surface area (Å²) in [5.74, 6) is 0.700. The van der Waals surface area contributed by atoms with E-state index in [-0.39, 0.29) is 24.3 Å². The number of nitrogens with zero attached hydrogens (tertiary/aromatic N) is 2. The third-order valence-corrected chi connectivity index (χ3v) is 6.35. The van der Waals surface area contributed by atoms with Crippen LogP contribution < -0.4 is 10.1 Å². The maximum atomic E-state index is 13.1. The molecule has 0 spiro atoms. The highest BCUT2D eigenvalue weighted by Crippen LogP contribution is 2.29. The number of rotatable bonds is 7. The van der Waals surface area contributed by atoms with Gasteiger partial charge in [0.15, 0.2) is 6.61 Å². The van der Waals surface area contributed by atoms with Crippen LogP contribution in [0.5, 0.6) is 5.75 Å². The van der Waals surface area contributed by atoms with Crippen molar-refractivity contribution in [3.05, 3.63) is 94.8 Å². The van der Waals surface area contributed by atoms with Gasteiger partial charge in [-0.2, -0.15) is 0 Å². The van der Waals surface area contributed by atoms with Gasteiger partial charge >= 0.3 is 0 Å². The molecule has 3 aromatic rings. The predicted molar refractivity (Wildman–Crippen MR) is 132 cm³/mol. The van der Waals surface area contributed by atoms with E-state index in [2.05, 4.69) is 5.32 Å². The van der Waals surface area contributed by atoms with E-state index < -0.39 is 0 Å². The maximum absolute atomic E-state index is 13.1. The summed E-state index contributed by atoms with van der Waals surface area (Å²) < 4.78 is 5.61. The lowest BCUT2D eigenvalue weighted by Gasteiger charge is -2.32. The molecule has 0 saturated carbocycles. The van der Waals surface area contributed by atoms with Crippen LogP contribution in [-0.4, -0.2) is 41.4 Å². The molecule has 4 rings (SSSR count). The van der Waals surface area contributed by atoms with Gasteiger partial charge in [0.1, 0.15) is 5.75 Å². The second kappa shape index (κ2) is 11.0. The normalized spacial score (nSPS) is 14.0. The summed E-state index contributed by atoms with van der Waals surface area (Å²) >= 11 is 0. The van der Waals surface area contributed by atoms with Crippen molar-refractivity contribution in [3.63, 3.8) is 0 Å². The average Bonchev–Trinajstić information content (AvgIpc) is 2.87. The van der Waals surface area contributed by atoms with E-state index in [1.165, 1.54) is 0 Å². The Morgan fingerprint density at radius 2 is 1.68 bits per heavy atom. The summed E-state index contributed by atoms with van der Waals surface area (Å²) in [7, 11) is 0. The van der Waals surface area contributed by atoms with Crippen LogP contribution in [0.2, 0.25) is 0 Å². The van der Waals surface area contributed by atoms with Gasteiger partial charge in [-0.05, 0) is 62.1 Å². The molecule has 1 aromatic heterocycles. The van der Waals surface area contributed by atoms with Crippen LogP contribution >= 0.6 is 0 Å². The fourth-order valence-electron chi connectivity index (χ4n) is 4.31. The Kier molecular flexibility index (Phi) is 7.58. The van der Waals surface area contributed by atoms with Gasteiger partial charge in [0.2, 0.25) is 0 Å². The number of para-hydroxylation sites is 1. The maximum Gasteiger partial charge on any atom is 0.260 e. The fraction of sp³-hybridized carbons (Fsp3) is 0.321. The van der Waals surface area contributed by atoms with Crippen LogP contribution in [0.25, 0.3) is 0 Å². The Balaban J connectivity index is 1.37. The summed E-state index contributed by atoms with van der Waals surface area (Å²) in [5.41, 5.74) is 4.59. The van der Waals surface area contributed by atoms with Crippen LogP contribution in [0, 0.1) is 13.8 Å². The van der Waals surface area contributed by atoms with E-state index in [0.29, 0.717) is 30.9 Å². The Morgan fingerprint density at radius 1 is 0.971 bits per heavy atom. The van der Waals surface area contributed by atoms with E-state index in [9.17, 15) is 9.59 Å². The van der Waals surface area contributed by atoms with Crippen LogP contribution in [0.4, 0.5) is 0 Å². The van der Waals surface area contributed by atoms with Crippen molar-refractivity contribution in [1.29, 1.82) is 0 Å². The molecule has 34 heavy (non-hydrogen) atoms. The van der Waals surface area contributed by atoms with Gasteiger partial charge < -0.3 is 15.0 Å². The number of carbonyl (C=O) groups excluding carboxylic acids is 2. The van der Waals surface area contributed by atoms with Gasteiger partial charge in [-0.3, -0.25) is 14.6 Å². The molecule has 1 N–H and O–H groups in total. The number of ether oxygens (including phenoxy) is 1. The lowest BCUT2D eigenvalue weighted by molar-refractivity contribution is -0.134. The molecule has 1 fully saturated rings. The summed E-state index contributed by atoms with van der Waals surface area (Å²) in [6.45, 7) is 5.75. The number of hydrogen-bond acceptors (Lipinski definition) is 4. The second-order valence-corrected chi connectivity index (χ2v) is 8.75. The van der Waals surface area contributed by atoms with Gasteiger partial charge in [0.25, 0.3) is 11.8 Å². The monoisotopic (exact) mass is 457 g/mol. The number of aryl methyl sites for hydroxylation is 2. The largest absolute Gasteiger partial charge is 0.484 e. The molecule has 0 atom stereocenters. The molecular formula is C28H31N3O3. The highest BCUT2D eigenvalue weighted by Gasteiger charge is 2.28. The Labute approximate surface area is 201 Å². The lowest BCUT2D eigenvalue weighted by Crippen LogP contribution is -2.41. The zero-order valence-corrected chi connectivity index (χ0v) is 19.8. The molecule has 0 aliphatic carbocycles. The Hall–Kier alpha value is -3.67. The topological polar surface area (TPSA) is 71.5 Å². The smallest absolute Gasteiger partial charge is 0.260 e. The van der Waals surface area contributed by atoms with E-state index in [0.717, 1.165) is 35.4 Å². The van der Waals surface area contributed by atoms with Gasteiger partial charge in [0, 0.05) is 31.2 Å². The molecular weight excluding hydrogens is 426 g/mol. The molecule has 6 nitrogen and oxygen atoms in total. The number of aromatic nitrogens is 1. The number of benzene rings is 2. The number of likely N-dealkylation sites (tertiary alicyclic amines) is 1. The van der Waals surface area contributed by atoms with Crippen molar-refractivity contribution in [2.75, 3.05) is 19.7 Å². The number of piperidine rings is 1. The van der Waals surface area contributed by atoms with Crippen molar-refractivity contribution in [1.82, 2.24) is 15.2 Å². The van der Waals surface area contributed by atoms with Crippen molar-refractivity contribution in [2.24, 2.45) is 0 Å². The molecule has 2 aromatic carbocycles. The number of nitrogens with one attached hydrogen (secondary N) is 1. The molecule has 0 bridgehead atoms. The number of hydrogen-bond donors (Lipinski definition) is 1. The van der Waals surface area contributed by atoms with Gasteiger partial charge in [-0.1, -0.05) is 42.5 Å². The molecule has 1 aliphatic rings. The molecule has 176 valence electrons. The summed E-state index contributed by atoms with van der Waals surface area (Å²) in [6, 6.07) is 21.2. The summed E-state index contributed by atoms with van der Waals surface area (Å²) in [6.07, 6.45) is 1.54. The van der Waals surface area contributed by atoms with Crippen LogP contribution in [0.15, 0.2) is 66.7 Å². The third-order valence-electron chi connectivity index (χ3n) is 6.35. The first-order valence-electron chi connectivity index (χ1n) is 11.8. The minimum Gasteiger partial charge on any atom is -0.484 e. The predicted octanol–water partition coefficient (Wildman–Crippen LogP) is 4.41. The average molecular weight is 458 g/mol. The fourth-order valence-corrected chi connectivity index (χ4v) is 4.31. The molecule has 1 aliphatic heterocycles. The van der Waals surface area contributed by atoms with E-state index in [4.69, 9.17) is 9.72 Å². The van der Waals surface area contributed by atoms with E-state index in [1.54, 1.807) is 0 Å². The first kappa shape index (κ1) is 23.5. The van der Waals surface area contributed by atoms with Crippen molar-refractivity contribution < 1.29 is 14.3 Å². The molecule has 2 heterocycles. The van der Waals surface area contributed by atoms with Crippen molar-refractivity contribution >= 4 is 11.8 Å². The molecule has 2 amide bonds. The minimum absolute atomic E-state index is 0.0179. The van der Waals surface area contributed by atoms with E-state index in [1.807, 2.05) is 85.5 Å². The molecule has 1 saturated heterocycles. The highest BCUT2D eigenvalue weighted by atomic mass is 16.5. The van der Waals surface area contributed by atoms with Crippen LogP contribution in [0.1, 0.15) is 51.6 Å². The first-order chi connectivity index (χ1) is 16.5. The zero-order chi connectivity index (χ0) is 23.9. The standard InChI is InChI=1S/C28H31N3O3/c1-20-8-6-7-9-23(20)18-29-28(33)25-13-12-21(2)30-27(25)22-14-16-31(17-15-22)26(32)19-34-24-10-4-3-5-11-24/h3-13,22H,14-19H2,1-2H3,(H,29,33). The van der Waals surface area contributed by atoms with Crippen molar-refractivity contribution in [3.8, 4) is 5.75 Å². The summed E-state index contributed by atoms with van der Waals surface area (Å²) in [5, 5.41) is 3.05. The third kappa shape index (κ3) is 5.81. The quantitative estimate of drug-likeness (QED) is 0.570. The van der Waals surface area contributed by atoms with E-state index >= 15 is 0 Å². The minimum atomic E-state index is -0.111. The number of amides is 2. The second-order valence-electron chi connectivity index (χ2n) is 8.75. The Bertz CT molecular complexity index is 1140.